The van der Waals surface area contributed by atoms with Crippen LogP contribution in [-0.4, -0.2) is 31.9 Å². The van der Waals surface area contributed by atoms with Crippen molar-refractivity contribution in [3.8, 4) is 0 Å². The largest absolute Gasteiger partial charge is 0.326 e. The summed E-state index contributed by atoms with van der Waals surface area (Å²) in [7, 11) is -3.32. The van der Waals surface area contributed by atoms with E-state index < -0.39 is 10.0 Å². The molecule has 2 rings (SSSR count). The molecule has 1 aromatic carbocycles. The van der Waals surface area contributed by atoms with E-state index in [1.807, 2.05) is 0 Å². The summed E-state index contributed by atoms with van der Waals surface area (Å²) in [5.41, 5.74) is 5.69. The first-order valence-corrected chi connectivity index (χ1v) is 6.35. The monoisotopic (exact) mass is 226 g/mol. The summed E-state index contributed by atoms with van der Waals surface area (Å²) in [5.74, 6) is 0. The number of sulfonamides is 1. The van der Waals surface area contributed by atoms with Crippen LogP contribution in [0.4, 0.5) is 0 Å². The van der Waals surface area contributed by atoms with Crippen molar-refractivity contribution in [3.63, 3.8) is 0 Å². The highest BCUT2D eigenvalue weighted by atomic mass is 32.2. The number of hydrogen-bond donors (Lipinski definition) is 1. The van der Waals surface area contributed by atoms with E-state index in [0.717, 1.165) is 6.42 Å². The zero-order valence-electron chi connectivity index (χ0n) is 8.33. The molecule has 0 radical (unpaired) electrons. The molecular weight excluding hydrogens is 212 g/mol. The van der Waals surface area contributed by atoms with Crippen LogP contribution in [-0.2, 0) is 10.0 Å². The summed E-state index contributed by atoms with van der Waals surface area (Å²) in [4.78, 5) is 0.346. The van der Waals surface area contributed by atoms with Crippen LogP contribution in [0.25, 0.3) is 0 Å². The Kier molecular flexibility index (Phi) is 2.77. The second-order valence-electron chi connectivity index (χ2n) is 3.72. The topological polar surface area (TPSA) is 63.4 Å². The maximum absolute atomic E-state index is 12.1. The number of rotatable bonds is 2. The molecule has 1 aromatic rings. The zero-order chi connectivity index (χ0) is 10.9. The normalized spacial score (nSPS) is 23.1. The Morgan fingerprint density at radius 1 is 1.27 bits per heavy atom. The molecule has 5 heteroatoms. The molecule has 1 atom stereocenters. The van der Waals surface area contributed by atoms with Crippen LogP contribution in [0.5, 0.6) is 0 Å². The van der Waals surface area contributed by atoms with Crippen LogP contribution >= 0.6 is 0 Å². The van der Waals surface area contributed by atoms with Gasteiger partial charge in [-0.15, -0.1) is 0 Å². The van der Waals surface area contributed by atoms with Crippen molar-refractivity contribution in [1.29, 1.82) is 0 Å². The lowest BCUT2D eigenvalue weighted by Crippen LogP contribution is -2.31. The molecule has 82 valence electrons. The van der Waals surface area contributed by atoms with Gasteiger partial charge in [0.15, 0.2) is 0 Å². The molecule has 0 amide bonds. The van der Waals surface area contributed by atoms with Crippen LogP contribution in [0, 0.1) is 0 Å². The molecular formula is C10H14N2O2S. The summed E-state index contributed by atoms with van der Waals surface area (Å²) in [6.07, 6.45) is 0.742. The molecule has 1 heterocycles. The van der Waals surface area contributed by atoms with Gasteiger partial charge in [-0.25, -0.2) is 8.42 Å². The molecule has 15 heavy (non-hydrogen) atoms. The highest BCUT2D eigenvalue weighted by molar-refractivity contribution is 7.89. The summed E-state index contributed by atoms with van der Waals surface area (Å²) in [6, 6.07) is 8.45. The maximum atomic E-state index is 12.1. The third kappa shape index (κ3) is 2.04. The lowest BCUT2D eigenvalue weighted by Gasteiger charge is -2.15. The van der Waals surface area contributed by atoms with Gasteiger partial charge < -0.3 is 5.73 Å². The molecule has 0 saturated carbocycles. The van der Waals surface area contributed by atoms with Gasteiger partial charge in [0, 0.05) is 19.1 Å². The Bertz CT molecular complexity index is 430. The molecule has 0 aromatic heterocycles. The number of nitrogens with two attached hydrogens (primary N) is 1. The van der Waals surface area contributed by atoms with E-state index in [0.29, 0.717) is 18.0 Å². The third-order valence-corrected chi connectivity index (χ3v) is 4.45. The van der Waals surface area contributed by atoms with Crippen molar-refractivity contribution in [1.82, 2.24) is 4.31 Å². The number of nitrogens with zero attached hydrogens (tertiary/aromatic N) is 1. The van der Waals surface area contributed by atoms with E-state index in [9.17, 15) is 8.42 Å². The van der Waals surface area contributed by atoms with Crippen LogP contribution in [0.2, 0.25) is 0 Å². The summed E-state index contributed by atoms with van der Waals surface area (Å²) < 4.78 is 25.6. The number of benzene rings is 1. The summed E-state index contributed by atoms with van der Waals surface area (Å²) in [5, 5.41) is 0. The third-order valence-electron chi connectivity index (χ3n) is 2.57. The van der Waals surface area contributed by atoms with E-state index in [1.54, 1.807) is 30.3 Å². The average molecular weight is 226 g/mol. The minimum Gasteiger partial charge on any atom is -0.326 e. The minimum atomic E-state index is -3.32. The second-order valence-corrected chi connectivity index (χ2v) is 5.66. The Balaban J connectivity index is 2.28. The van der Waals surface area contributed by atoms with Gasteiger partial charge in [0.1, 0.15) is 0 Å². The highest BCUT2D eigenvalue weighted by Crippen LogP contribution is 2.19. The molecule has 1 aliphatic heterocycles. The summed E-state index contributed by atoms with van der Waals surface area (Å²) in [6.45, 7) is 0.954. The van der Waals surface area contributed by atoms with E-state index in [1.165, 1.54) is 4.31 Å². The minimum absolute atomic E-state index is 0.0245. The first kappa shape index (κ1) is 10.6. The van der Waals surface area contributed by atoms with E-state index >= 15 is 0 Å². The Labute approximate surface area is 89.7 Å². The standard InChI is InChI=1S/C10H14N2O2S/c11-9-6-7-12(8-9)15(13,14)10-4-2-1-3-5-10/h1-5,9H,6-8,11H2/t9-/m0/s1. The van der Waals surface area contributed by atoms with Crippen molar-refractivity contribution in [2.75, 3.05) is 13.1 Å². The fraction of sp³-hybridized carbons (Fsp3) is 0.400. The van der Waals surface area contributed by atoms with E-state index in [2.05, 4.69) is 0 Å². The molecule has 0 spiro atoms. The molecule has 1 fully saturated rings. The fourth-order valence-corrected chi connectivity index (χ4v) is 3.25. The van der Waals surface area contributed by atoms with Crippen molar-refractivity contribution < 1.29 is 8.42 Å². The molecule has 1 saturated heterocycles. The molecule has 0 bridgehead atoms. The molecule has 0 unspecified atom stereocenters. The molecule has 4 nitrogen and oxygen atoms in total. The van der Waals surface area contributed by atoms with Crippen molar-refractivity contribution in [2.24, 2.45) is 5.73 Å². The summed E-state index contributed by atoms with van der Waals surface area (Å²) >= 11 is 0. The van der Waals surface area contributed by atoms with Gasteiger partial charge in [-0.3, -0.25) is 0 Å². The SMILES string of the molecule is N[C@H]1CCN(S(=O)(=O)c2ccccc2)C1. The van der Waals surface area contributed by atoms with Crippen molar-refractivity contribution in [2.45, 2.75) is 17.4 Å². The van der Waals surface area contributed by atoms with Gasteiger partial charge in [0.2, 0.25) is 10.0 Å². The van der Waals surface area contributed by atoms with E-state index in [4.69, 9.17) is 5.73 Å². The van der Waals surface area contributed by atoms with Crippen LogP contribution in [0.15, 0.2) is 35.2 Å². The lowest BCUT2D eigenvalue weighted by atomic mass is 10.3. The first-order chi connectivity index (χ1) is 7.10. The van der Waals surface area contributed by atoms with Crippen LogP contribution < -0.4 is 5.73 Å². The van der Waals surface area contributed by atoms with Gasteiger partial charge >= 0.3 is 0 Å². The van der Waals surface area contributed by atoms with Crippen LogP contribution in [0.1, 0.15) is 6.42 Å². The second kappa shape index (κ2) is 3.92. The number of hydrogen-bond acceptors (Lipinski definition) is 3. The highest BCUT2D eigenvalue weighted by Gasteiger charge is 2.30. The predicted octanol–water partition coefficient (Wildman–Crippen LogP) is 0.408. The van der Waals surface area contributed by atoms with Gasteiger partial charge in [0.25, 0.3) is 0 Å². The van der Waals surface area contributed by atoms with Crippen molar-refractivity contribution >= 4 is 10.0 Å². The maximum Gasteiger partial charge on any atom is 0.243 e. The smallest absolute Gasteiger partial charge is 0.243 e. The van der Waals surface area contributed by atoms with Gasteiger partial charge in [-0.1, -0.05) is 18.2 Å². The Hall–Kier alpha value is -0.910. The van der Waals surface area contributed by atoms with Gasteiger partial charge in [-0.2, -0.15) is 4.31 Å². The quantitative estimate of drug-likeness (QED) is 0.794. The van der Waals surface area contributed by atoms with Gasteiger partial charge in [0.05, 0.1) is 4.90 Å². The van der Waals surface area contributed by atoms with Gasteiger partial charge in [-0.05, 0) is 18.6 Å². The first-order valence-electron chi connectivity index (χ1n) is 4.91. The Morgan fingerprint density at radius 2 is 1.93 bits per heavy atom. The van der Waals surface area contributed by atoms with Crippen LogP contribution in [0.3, 0.4) is 0 Å². The molecule has 0 aliphatic carbocycles. The van der Waals surface area contributed by atoms with E-state index in [-0.39, 0.29) is 6.04 Å². The fourth-order valence-electron chi connectivity index (χ4n) is 1.71. The average Bonchev–Trinajstić information content (AvgIpc) is 2.67. The van der Waals surface area contributed by atoms with Crippen molar-refractivity contribution in [3.05, 3.63) is 30.3 Å². The zero-order valence-corrected chi connectivity index (χ0v) is 9.15. The predicted molar refractivity (Wildman–Crippen MR) is 57.8 cm³/mol. The molecule has 1 aliphatic rings. The Morgan fingerprint density at radius 3 is 2.47 bits per heavy atom. The lowest BCUT2D eigenvalue weighted by molar-refractivity contribution is 0.472. The molecule has 2 N–H and O–H groups in total.